The molecule has 322 valence electrons. The summed E-state index contributed by atoms with van der Waals surface area (Å²) in [5, 5.41) is 0. The Morgan fingerprint density at radius 3 is 1.46 bits per heavy atom. The van der Waals surface area contributed by atoms with Crippen molar-refractivity contribution in [2.45, 2.75) is 148 Å². The van der Waals surface area contributed by atoms with E-state index in [9.17, 15) is 19.0 Å². The topological polar surface area (TPSA) is 134 Å². The Morgan fingerprint density at radius 2 is 0.982 bits per heavy atom. The second-order valence-corrected chi connectivity index (χ2v) is 14.9. The van der Waals surface area contributed by atoms with Crippen LogP contribution in [-0.2, 0) is 32.7 Å². The number of carbonyl (C=O) groups excluding carboxylic acids is 2. The van der Waals surface area contributed by atoms with E-state index in [2.05, 4.69) is 117 Å². The van der Waals surface area contributed by atoms with E-state index in [4.69, 9.17) is 24.3 Å². The van der Waals surface area contributed by atoms with Crippen molar-refractivity contribution in [3.05, 3.63) is 109 Å². The molecule has 57 heavy (non-hydrogen) atoms. The zero-order valence-electron chi connectivity index (χ0n) is 35.3. The number of carbonyl (C=O) groups is 2. The monoisotopic (exact) mass is 814 g/mol. The van der Waals surface area contributed by atoms with Gasteiger partial charge in [0.2, 0.25) is 0 Å². The molecule has 0 aliphatic heterocycles. The molecule has 0 bridgehead atoms. The lowest BCUT2D eigenvalue weighted by Crippen LogP contribution is -2.29. The summed E-state index contributed by atoms with van der Waals surface area (Å²) in [6, 6.07) is 0. The van der Waals surface area contributed by atoms with Gasteiger partial charge in [-0.1, -0.05) is 142 Å². The fourth-order valence-corrected chi connectivity index (χ4v) is 5.77. The van der Waals surface area contributed by atoms with E-state index in [1.165, 1.54) is 25.7 Å². The number of phosphoric ester groups is 1. The van der Waals surface area contributed by atoms with Gasteiger partial charge in [0.15, 0.2) is 6.10 Å². The van der Waals surface area contributed by atoms with E-state index in [1.54, 1.807) is 0 Å². The highest BCUT2D eigenvalue weighted by atomic mass is 31.2. The molecule has 0 fully saturated rings. The molecule has 0 saturated carbocycles. The van der Waals surface area contributed by atoms with Gasteiger partial charge in [-0.05, 0) is 96.3 Å². The molecule has 0 aliphatic carbocycles. The molecule has 3 N–H and O–H groups in total. The van der Waals surface area contributed by atoms with Gasteiger partial charge < -0.3 is 20.1 Å². The lowest BCUT2D eigenvalue weighted by atomic mass is 10.1. The number of rotatable bonds is 38. The Kier molecular flexibility index (Phi) is 39.8. The molecular weight excluding hydrogens is 737 g/mol. The minimum absolute atomic E-state index is 0.0331. The van der Waals surface area contributed by atoms with Crippen molar-refractivity contribution in [1.29, 1.82) is 0 Å². The zero-order valence-corrected chi connectivity index (χ0v) is 36.2. The van der Waals surface area contributed by atoms with Gasteiger partial charge in [-0.2, -0.15) is 0 Å². The van der Waals surface area contributed by atoms with Gasteiger partial charge in [0.25, 0.3) is 0 Å². The van der Waals surface area contributed by atoms with E-state index in [1.807, 2.05) is 6.08 Å². The number of hydrogen-bond acceptors (Lipinski definition) is 8. The molecule has 10 heteroatoms. The quantitative estimate of drug-likeness (QED) is 0.0270. The first-order valence-electron chi connectivity index (χ1n) is 21.4. The van der Waals surface area contributed by atoms with E-state index >= 15 is 0 Å². The first kappa shape index (κ1) is 53.7. The Labute approximate surface area is 346 Å². The van der Waals surface area contributed by atoms with E-state index in [0.717, 1.165) is 70.6 Å². The summed E-state index contributed by atoms with van der Waals surface area (Å²) >= 11 is 0. The summed E-state index contributed by atoms with van der Waals surface area (Å²) in [7, 11) is -4.41. The van der Waals surface area contributed by atoms with Crippen LogP contribution in [0, 0.1) is 0 Å². The highest BCUT2D eigenvalue weighted by Gasteiger charge is 2.25. The van der Waals surface area contributed by atoms with Crippen molar-refractivity contribution in [3.63, 3.8) is 0 Å². The van der Waals surface area contributed by atoms with Crippen LogP contribution in [0.15, 0.2) is 109 Å². The van der Waals surface area contributed by atoms with Crippen molar-refractivity contribution in [1.82, 2.24) is 0 Å². The molecule has 9 nitrogen and oxygen atoms in total. The Hall–Kier alpha value is -3.33. The molecule has 0 aromatic carbocycles. The number of nitrogens with two attached hydrogens (primary N) is 1. The largest absolute Gasteiger partial charge is 0.472 e. The second-order valence-electron chi connectivity index (χ2n) is 13.5. The molecule has 0 radical (unpaired) electrons. The number of hydrogen-bond donors (Lipinski definition) is 2. The molecule has 0 amide bonds. The van der Waals surface area contributed by atoms with Gasteiger partial charge in [0.1, 0.15) is 6.61 Å². The molecule has 0 aromatic rings. The summed E-state index contributed by atoms with van der Waals surface area (Å²) < 4.78 is 32.7. The van der Waals surface area contributed by atoms with Crippen LogP contribution >= 0.6 is 7.82 Å². The van der Waals surface area contributed by atoms with Crippen LogP contribution in [-0.4, -0.2) is 49.3 Å². The normalized spacial score (nSPS) is 14.4. The highest BCUT2D eigenvalue weighted by Crippen LogP contribution is 2.43. The molecule has 0 aromatic heterocycles. The summed E-state index contributed by atoms with van der Waals surface area (Å²) in [5.41, 5.74) is 5.34. The Bertz CT molecular complexity index is 1290. The lowest BCUT2D eigenvalue weighted by Gasteiger charge is -2.19. The summed E-state index contributed by atoms with van der Waals surface area (Å²) in [6.07, 6.45) is 55.5. The van der Waals surface area contributed by atoms with Gasteiger partial charge in [0, 0.05) is 19.4 Å². The third-order valence-corrected chi connectivity index (χ3v) is 9.13. The average Bonchev–Trinajstić information content (AvgIpc) is 3.20. The predicted molar refractivity (Wildman–Crippen MR) is 238 cm³/mol. The lowest BCUT2D eigenvalue weighted by molar-refractivity contribution is -0.161. The summed E-state index contributed by atoms with van der Waals surface area (Å²) in [4.78, 5) is 34.8. The molecule has 0 aliphatic rings. The third kappa shape index (κ3) is 42.1. The molecule has 0 spiro atoms. The summed E-state index contributed by atoms with van der Waals surface area (Å²) in [6.45, 7) is 3.45. The maximum Gasteiger partial charge on any atom is 0.472 e. The fourth-order valence-electron chi connectivity index (χ4n) is 5.00. The maximum atomic E-state index is 12.6. The number of ether oxygens (including phenoxy) is 2. The number of esters is 2. The van der Waals surface area contributed by atoms with Gasteiger partial charge in [-0.15, -0.1) is 0 Å². The first-order valence-corrected chi connectivity index (χ1v) is 22.9. The van der Waals surface area contributed by atoms with Gasteiger partial charge in [0.05, 0.1) is 13.2 Å². The van der Waals surface area contributed by atoms with Crippen LogP contribution in [0.3, 0.4) is 0 Å². The standard InChI is InChI=1S/C47H76NO8P/c1-3-5-7-9-11-13-15-17-19-21-22-24-25-27-29-31-33-35-37-39-46(49)53-43-45(44-55-57(51,52)54-42-41-48)56-47(50)40-38-36-34-32-30-28-26-23-20-18-16-14-12-10-8-6-4-2/h6,8,11-14,17-20,22,24,26-29,32,34,45H,3-5,7,9-10,15-16,21,23,25,30-31,33,35-44,48H2,1-2H3,(H,51,52). The highest BCUT2D eigenvalue weighted by molar-refractivity contribution is 7.47. The molecule has 0 rings (SSSR count). The average molecular weight is 814 g/mol. The minimum atomic E-state index is -4.41. The molecular formula is C47H76NO8P. The van der Waals surface area contributed by atoms with Crippen molar-refractivity contribution >= 4 is 19.8 Å². The van der Waals surface area contributed by atoms with Crippen LogP contribution < -0.4 is 5.73 Å². The van der Waals surface area contributed by atoms with E-state index in [0.29, 0.717) is 19.3 Å². The van der Waals surface area contributed by atoms with Crippen LogP contribution in [0.5, 0.6) is 0 Å². The first-order chi connectivity index (χ1) is 27.8. The number of allylic oxidation sites excluding steroid dienone is 18. The van der Waals surface area contributed by atoms with Gasteiger partial charge in [-0.3, -0.25) is 18.6 Å². The minimum Gasteiger partial charge on any atom is -0.462 e. The SMILES string of the molecule is CCC=CCC=CCC=CCC=CCC=CCCCC(=O)OC(COC(=O)CCCCCC=CCC=CCC=CCC=CCCCCC)COP(=O)(O)OCCN. The van der Waals surface area contributed by atoms with Crippen molar-refractivity contribution < 1.29 is 37.6 Å². The fraction of sp³-hybridized carbons (Fsp3) is 0.574. The summed E-state index contributed by atoms with van der Waals surface area (Å²) in [5.74, 6) is -0.946. The van der Waals surface area contributed by atoms with Gasteiger partial charge >= 0.3 is 19.8 Å². The predicted octanol–water partition coefficient (Wildman–Crippen LogP) is 12.4. The second kappa shape index (κ2) is 42.3. The maximum absolute atomic E-state index is 12.6. The molecule has 2 atom stereocenters. The van der Waals surface area contributed by atoms with Crippen LogP contribution in [0.4, 0.5) is 0 Å². The molecule has 0 saturated heterocycles. The van der Waals surface area contributed by atoms with Crippen molar-refractivity contribution in [2.24, 2.45) is 5.73 Å². The van der Waals surface area contributed by atoms with E-state index in [-0.39, 0.29) is 32.6 Å². The molecule has 0 heterocycles. The Morgan fingerprint density at radius 1 is 0.544 bits per heavy atom. The number of unbranched alkanes of at least 4 members (excludes halogenated alkanes) is 7. The van der Waals surface area contributed by atoms with Crippen molar-refractivity contribution in [2.75, 3.05) is 26.4 Å². The van der Waals surface area contributed by atoms with Crippen molar-refractivity contribution in [3.8, 4) is 0 Å². The third-order valence-electron chi connectivity index (χ3n) is 8.14. The Balaban J connectivity index is 4.35. The smallest absolute Gasteiger partial charge is 0.462 e. The van der Waals surface area contributed by atoms with Crippen LogP contribution in [0.2, 0.25) is 0 Å². The van der Waals surface area contributed by atoms with Crippen LogP contribution in [0.25, 0.3) is 0 Å². The zero-order chi connectivity index (χ0) is 41.8. The van der Waals surface area contributed by atoms with Crippen LogP contribution in [0.1, 0.15) is 142 Å². The van der Waals surface area contributed by atoms with E-state index < -0.39 is 32.5 Å². The number of phosphoric acid groups is 1. The molecule has 2 unspecified atom stereocenters. The van der Waals surface area contributed by atoms with Gasteiger partial charge in [-0.25, -0.2) is 4.57 Å².